The molecule has 1 aromatic heterocycles. The maximum Gasteiger partial charge on any atom is 0.213 e. The monoisotopic (exact) mass is 177 g/mol. The highest BCUT2D eigenvalue weighted by atomic mass is 16.5. The third-order valence-electron chi connectivity index (χ3n) is 1.61. The number of aromatic nitrogens is 1. The maximum atomic E-state index is 9.48. The van der Waals surface area contributed by atoms with Gasteiger partial charge in [-0.15, -0.1) is 12.3 Å². The topological polar surface area (TPSA) is 42.4 Å². The zero-order valence-electron chi connectivity index (χ0n) is 7.40. The highest BCUT2D eigenvalue weighted by Gasteiger charge is 2.07. The van der Waals surface area contributed by atoms with Crippen LogP contribution in [0.5, 0.6) is 5.88 Å². The molecule has 0 spiro atoms. The quantitative estimate of drug-likeness (QED) is 0.704. The molecule has 0 bridgehead atoms. The summed E-state index contributed by atoms with van der Waals surface area (Å²) in [5.74, 6) is 2.85. The summed E-state index contributed by atoms with van der Waals surface area (Å²) in [7, 11) is 1.53. The van der Waals surface area contributed by atoms with Crippen molar-refractivity contribution in [3.8, 4) is 18.2 Å². The second-order valence-electron chi connectivity index (χ2n) is 2.53. The molecule has 1 rings (SSSR count). The zero-order chi connectivity index (χ0) is 9.68. The van der Waals surface area contributed by atoms with Crippen LogP contribution in [0.3, 0.4) is 0 Å². The van der Waals surface area contributed by atoms with E-state index in [1.165, 1.54) is 7.11 Å². The lowest BCUT2D eigenvalue weighted by molar-refractivity contribution is 0.178. The first-order valence-electron chi connectivity index (χ1n) is 3.90. The lowest BCUT2D eigenvalue weighted by Crippen LogP contribution is -2.00. The lowest BCUT2D eigenvalue weighted by Gasteiger charge is -2.07. The summed E-state index contributed by atoms with van der Waals surface area (Å²) < 4.78 is 4.91. The maximum absolute atomic E-state index is 9.48. The highest BCUT2D eigenvalue weighted by molar-refractivity contribution is 5.18. The third-order valence-corrected chi connectivity index (χ3v) is 1.61. The number of aliphatic hydroxyl groups is 1. The zero-order valence-corrected chi connectivity index (χ0v) is 7.40. The van der Waals surface area contributed by atoms with Gasteiger partial charge in [-0.2, -0.15) is 0 Å². The normalized spacial score (nSPS) is 11.8. The molecule has 0 fully saturated rings. The standard InChI is InChI=1S/C10H11NO2/c1-3-5-9(12)8-6-4-7-10(11-8)13-2/h1,4,6-7,9,12H,5H2,2H3. The minimum absolute atomic E-state index is 0.264. The summed E-state index contributed by atoms with van der Waals surface area (Å²) in [6, 6.07) is 5.19. The summed E-state index contributed by atoms with van der Waals surface area (Å²) in [6.07, 6.45) is 4.62. The van der Waals surface area contributed by atoms with Gasteiger partial charge in [0.2, 0.25) is 5.88 Å². The SMILES string of the molecule is C#CCC(O)c1cccc(OC)n1. The van der Waals surface area contributed by atoms with E-state index in [0.717, 1.165) is 0 Å². The van der Waals surface area contributed by atoms with Crippen LogP contribution in [0.4, 0.5) is 0 Å². The summed E-state index contributed by atoms with van der Waals surface area (Å²) in [5.41, 5.74) is 0.539. The van der Waals surface area contributed by atoms with E-state index in [-0.39, 0.29) is 6.42 Å². The average molecular weight is 177 g/mol. The number of pyridine rings is 1. The molecule has 0 aliphatic heterocycles. The van der Waals surface area contributed by atoms with Crippen molar-refractivity contribution in [2.24, 2.45) is 0 Å². The largest absolute Gasteiger partial charge is 0.481 e. The Balaban J connectivity index is 2.83. The first kappa shape index (κ1) is 9.56. The van der Waals surface area contributed by atoms with Gasteiger partial charge in [0.25, 0.3) is 0 Å². The number of rotatable bonds is 3. The molecule has 1 atom stereocenters. The van der Waals surface area contributed by atoms with Crippen molar-refractivity contribution >= 4 is 0 Å². The fourth-order valence-electron chi connectivity index (χ4n) is 0.946. The van der Waals surface area contributed by atoms with Crippen molar-refractivity contribution in [3.63, 3.8) is 0 Å². The highest BCUT2D eigenvalue weighted by Crippen LogP contribution is 2.16. The van der Waals surface area contributed by atoms with Crippen LogP contribution in [0.1, 0.15) is 18.2 Å². The Morgan fingerprint density at radius 3 is 3.08 bits per heavy atom. The number of hydrogen-bond acceptors (Lipinski definition) is 3. The van der Waals surface area contributed by atoms with E-state index < -0.39 is 6.10 Å². The van der Waals surface area contributed by atoms with Crippen LogP contribution in [0.2, 0.25) is 0 Å². The van der Waals surface area contributed by atoms with Crippen molar-refractivity contribution in [3.05, 3.63) is 23.9 Å². The van der Waals surface area contributed by atoms with E-state index >= 15 is 0 Å². The Hall–Kier alpha value is -1.53. The van der Waals surface area contributed by atoms with E-state index in [9.17, 15) is 5.11 Å². The molecular weight excluding hydrogens is 166 g/mol. The van der Waals surface area contributed by atoms with Crippen molar-refractivity contribution in [1.29, 1.82) is 0 Å². The molecule has 0 radical (unpaired) electrons. The second-order valence-corrected chi connectivity index (χ2v) is 2.53. The molecule has 0 amide bonds. The predicted molar refractivity (Wildman–Crippen MR) is 49.2 cm³/mol. The van der Waals surface area contributed by atoms with Crippen LogP contribution in [0, 0.1) is 12.3 Å². The van der Waals surface area contributed by atoms with Gasteiger partial charge in [0.15, 0.2) is 0 Å². The van der Waals surface area contributed by atoms with Gasteiger partial charge in [-0.3, -0.25) is 0 Å². The van der Waals surface area contributed by atoms with Crippen LogP contribution in [0.25, 0.3) is 0 Å². The number of methoxy groups -OCH3 is 1. The van der Waals surface area contributed by atoms with Gasteiger partial charge >= 0.3 is 0 Å². The van der Waals surface area contributed by atoms with E-state index in [1.54, 1.807) is 18.2 Å². The lowest BCUT2D eigenvalue weighted by atomic mass is 10.2. The fraction of sp³-hybridized carbons (Fsp3) is 0.300. The van der Waals surface area contributed by atoms with Gasteiger partial charge in [-0.25, -0.2) is 4.98 Å². The van der Waals surface area contributed by atoms with E-state index in [2.05, 4.69) is 10.9 Å². The van der Waals surface area contributed by atoms with Crippen molar-refractivity contribution < 1.29 is 9.84 Å². The Morgan fingerprint density at radius 1 is 1.69 bits per heavy atom. The summed E-state index contributed by atoms with van der Waals surface area (Å²) >= 11 is 0. The number of aliphatic hydroxyl groups excluding tert-OH is 1. The van der Waals surface area contributed by atoms with Gasteiger partial charge in [0.1, 0.15) is 6.10 Å². The molecule has 0 aliphatic carbocycles. The first-order valence-corrected chi connectivity index (χ1v) is 3.90. The molecule has 1 aromatic rings. The van der Waals surface area contributed by atoms with E-state index in [4.69, 9.17) is 11.2 Å². The Kier molecular flexibility index (Phi) is 3.30. The molecule has 1 N–H and O–H groups in total. The van der Waals surface area contributed by atoms with Gasteiger partial charge in [0, 0.05) is 12.5 Å². The fourth-order valence-corrected chi connectivity index (χ4v) is 0.946. The molecule has 0 saturated heterocycles. The summed E-state index contributed by atoms with van der Waals surface area (Å²) in [6.45, 7) is 0. The van der Waals surface area contributed by atoms with E-state index in [1.807, 2.05) is 0 Å². The summed E-state index contributed by atoms with van der Waals surface area (Å²) in [4.78, 5) is 4.04. The van der Waals surface area contributed by atoms with Crippen LogP contribution in [0.15, 0.2) is 18.2 Å². The first-order chi connectivity index (χ1) is 6.27. The van der Waals surface area contributed by atoms with E-state index in [0.29, 0.717) is 11.6 Å². The molecule has 0 aromatic carbocycles. The predicted octanol–water partition coefficient (Wildman–Crippen LogP) is 1.15. The average Bonchev–Trinajstić information content (AvgIpc) is 2.18. The van der Waals surface area contributed by atoms with Crippen LogP contribution < -0.4 is 4.74 Å². The van der Waals surface area contributed by atoms with Gasteiger partial charge in [0.05, 0.1) is 12.8 Å². The van der Waals surface area contributed by atoms with Crippen molar-refractivity contribution in [2.75, 3.05) is 7.11 Å². The number of hydrogen-bond donors (Lipinski definition) is 1. The van der Waals surface area contributed by atoms with Crippen molar-refractivity contribution in [2.45, 2.75) is 12.5 Å². The van der Waals surface area contributed by atoms with Crippen LogP contribution >= 0.6 is 0 Å². The summed E-state index contributed by atoms with van der Waals surface area (Å²) in [5, 5.41) is 9.48. The molecule has 3 nitrogen and oxygen atoms in total. The third kappa shape index (κ3) is 2.46. The van der Waals surface area contributed by atoms with Gasteiger partial charge in [-0.1, -0.05) is 6.07 Å². The Bertz CT molecular complexity index is 317. The minimum Gasteiger partial charge on any atom is -0.481 e. The Labute approximate surface area is 77.4 Å². The molecule has 3 heteroatoms. The van der Waals surface area contributed by atoms with Crippen LogP contribution in [-0.4, -0.2) is 17.2 Å². The second kappa shape index (κ2) is 4.48. The number of nitrogens with zero attached hydrogens (tertiary/aromatic N) is 1. The van der Waals surface area contributed by atoms with Gasteiger partial charge < -0.3 is 9.84 Å². The number of terminal acetylenes is 1. The van der Waals surface area contributed by atoms with Crippen molar-refractivity contribution in [1.82, 2.24) is 4.98 Å². The molecule has 1 unspecified atom stereocenters. The van der Waals surface area contributed by atoms with Gasteiger partial charge in [-0.05, 0) is 6.07 Å². The molecule has 1 heterocycles. The molecule has 68 valence electrons. The molecular formula is C10H11NO2. The minimum atomic E-state index is -0.708. The molecule has 13 heavy (non-hydrogen) atoms. The molecule has 0 aliphatic rings. The van der Waals surface area contributed by atoms with Crippen LogP contribution in [-0.2, 0) is 0 Å². The Morgan fingerprint density at radius 2 is 2.46 bits per heavy atom. The number of ether oxygens (including phenoxy) is 1. The smallest absolute Gasteiger partial charge is 0.213 e. The molecule has 0 saturated carbocycles.